The van der Waals surface area contributed by atoms with Crippen LogP contribution in [0.5, 0.6) is 0 Å². The summed E-state index contributed by atoms with van der Waals surface area (Å²) < 4.78 is 88.3. The van der Waals surface area contributed by atoms with Crippen LogP contribution in [0.15, 0.2) is 47.9 Å². The summed E-state index contributed by atoms with van der Waals surface area (Å²) in [5.41, 5.74) is 0. The van der Waals surface area contributed by atoms with E-state index in [9.17, 15) is 8.42 Å². The Morgan fingerprint density at radius 3 is 0.957 bits per heavy atom. The molecule has 0 aliphatic carbocycles. The van der Waals surface area contributed by atoms with E-state index in [0.29, 0.717) is 139 Å². The zero-order valence-corrected chi connectivity index (χ0v) is 27.9. The lowest BCUT2D eigenvalue weighted by atomic mass is 10.4. The predicted octanol–water partition coefficient (Wildman–Crippen LogP) is 1.76. The Morgan fingerprint density at radius 1 is 0.413 bits per heavy atom. The molecule has 0 aliphatic rings. The van der Waals surface area contributed by atoms with Crippen molar-refractivity contribution in [2.45, 2.75) is 4.90 Å². The molecule has 0 spiro atoms. The summed E-state index contributed by atoms with van der Waals surface area (Å²) in [7, 11) is -3.76. The minimum Gasteiger partial charge on any atom is -0.377 e. The molecule has 268 valence electrons. The Bertz CT molecular complexity index is 875. The molecule has 0 saturated carbocycles. The number of benzene rings is 1. The van der Waals surface area contributed by atoms with Crippen LogP contribution < -0.4 is 0 Å². The lowest BCUT2D eigenvalue weighted by molar-refractivity contribution is -0.0275. The van der Waals surface area contributed by atoms with Crippen molar-refractivity contribution in [3.05, 3.63) is 43.0 Å². The average molecular weight is 683 g/mol. The summed E-state index contributed by atoms with van der Waals surface area (Å²) in [6, 6.07) is 7.98. The SMILES string of the molecule is C=CCOCCOCCOCCOCCOCCOCCOCCOCCOCCOCCOCCOS(=O)(=O)c1ccccc1. The molecule has 0 unspecified atom stereocenters. The Kier molecular flexibility index (Phi) is 30.8. The van der Waals surface area contributed by atoms with E-state index in [1.165, 1.54) is 12.1 Å². The van der Waals surface area contributed by atoms with Crippen molar-refractivity contribution < 1.29 is 64.7 Å². The maximum Gasteiger partial charge on any atom is 0.297 e. The van der Waals surface area contributed by atoms with Gasteiger partial charge in [-0.15, -0.1) is 6.58 Å². The molecule has 1 rings (SSSR count). The quantitative estimate of drug-likeness (QED) is 0.0571. The normalized spacial score (nSPS) is 11.7. The van der Waals surface area contributed by atoms with Crippen molar-refractivity contribution in [3.8, 4) is 0 Å². The zero-order valence-electron chi connectivity index (χ0n) is 27.1. The highest BCUT2D eigenvalue weighted by atomic mass is 32.2. The van der Waals surface area contributed by atoms with Crippen molar-refractivity contribution in [2.75, 3.05) is 152 Å². The lowest BCUT2D eigenvalue weighted by Gasteiger charge is -2.09. The number of hydrogen-bond acceptors (Lipinski definition) is 14. The first-order valence-corrected chi connectivity index (χ1v) is 17.0. The van der Waals surface area contributed by atoms with Crippen molar-refractivity contribution in [3.63, 3.8) is 0 Å². The van der Waals surface area contributed by atoms with E-state index in [1.807, 2.05) is 0 Å². The molecule has 0 heterocycles. The maximum atomic E-state index is 12.0. The van der Waals surface area contributed by atoms with Gasteiger partial charge in [0.25, 0.3) is 10.1 Å². The van der Waals surface area contributed by atoms with Crippen molar-refractivity contribution in [1.29, 1.82) is 0 Å². The molecule has 0 radical (unpaired) electrons. The first kappa shape index (κ1) is 42.5. The molecule has 0 fully saturated rings. The summed E-state index contributed by atoms with van der Waals surface area (Å²) in [4.78, 5) is 0.120. The minimum atomic E-state index is -3.76. The van der Waals surface area contributed by atoms with E-state index in [1.54, 1.807) is 24.3 Å². The average Bonchev–Trinajstić information content (AvgIpc) is 3.07. The standard InChI is InChI=1S/C31H54O14S/c1-2-8-34-9-10-35-11-12-36-13-14-37-15-16-38-17-18-39-19-20-40-21-22-41-23-24-42-25-26-43-27-28-44-29-30-45-46(32,33)31-6-4-3-5-7-31/h2-7H,1,8-30H2. The fourth-order valence-corrected chi connectivity index (χ4v) is 4.14. The van der Waals surface area contributed by atoms with Crippen molar-refractivity contribution >= 4 is 10.1 Å². The highest BCUT2D eigenvalue weighted by molar-refractivity contribution is 7.86. The first-order chi connectivity index (χ1) is 22.7. The van der Waals surface area contributed by atoms with E-state index in [0.717, 1.165) is 0 Å². The van der Waals surface area contributed by atoms with Crippen molar-refractivity contribution in [2.24, 2.45) is 0 Å². The van der Waals surface area contributed by atoms with Gasteiger partial charge in [0.05, 0.1) is 157 Å². The summed E-state index contributed by atoms with van der Waals surface area (Å²) in [6.45, 7) is 13.8. The molecule has 1 aromatic carbocycles. The van der Waals surface area contributed by atoms with Gasteiger partial charge in [-0.05, 0) is 12.1 Å². The van der Waals surface area contributed by atoms with E-state index in [-0.39, 0.29) is 18.1 Å². The maximum absolute atomic E-state index is 12.0. The minimum absolute atomic E-state index is 0.0589. The van der Waals surface area contributed by atoms with Gasteiger partial charge >= 0.3 is 0 Å². The van der Waals surface area contributed by atoms with E-state index in [4.69, 9.17) is 56.3 Å². The topological polar surface area (TPSA) is 145 Å². The molecular formula is C31H54O14S. The van der Waals surface area contributed by atoms with Crippen LogP contribution in [0.1, 0.15) is 0 Å². The van der Waals surface area contributed by atoms with Gasteiger partial charge in [-0.3, -0.25) is 4.18 Å². The largest absolute Gasteiger partial charge is 0.377 e. The van der Waals surface area contributed by atoms with Gasteiger partial charge in [-0.25, -0.2) is 0 Å². The third-order valence-electron chi connectivity index (χ3n) is 5.45. The van der Waals surface area contributed by atoms with Crippen LogP contribution in [-0.4, -0.2) is 160 Å². The molecule has 46 heavy (non-hydrogen) atoms. The van der Waals surface area contributed by atoms with Crippen LogP contribution in [0.25, 0.3) is 0 Å². The third kappa shape index (κ3) is 28.6. The molecule has 0 aromatic heterocycles. The molecular weight excluding hydrogens is 628 g/mol. The Morgan fingerprint density at radius 2 is 0.674 bits per heavy atom. The summed E-state index contributed by atoms with van der Waals surface area (Å²) in [6.07, 6.45) is 1.71. The molecule has 0 saturated heterocycles. The second-order valence-corrected chi connectivity index (χ2v) is 10.7. The second-order valence-electron chi connectivity index (χ2n) is 9.08. The van der Waals surface area contributed by atoms with Crippen LogP contribution in [0.4, 0.5) is 0 Å². The summed E-state index contributed by atoms with van der Waals surface area (Å²) in [5, 5.41) is 0. The van der Waals surface area contributed by atoms with Crippen molar-refractivity contribution in [1.82, 2.24) is 0 Å². The predicted molar refractivity (Wildman–Crippen MR) is 169 cm³/mol. The molecule has 0 N–H and O–H groups in total. The number of ether oxygens (including phenoxy) is 11. The van der Waals surface area contributed by atoms with Gasteiger partial charge in [0.15, 0.2) is 0 Å². The molecule has 14 nitrogen and oxygen atoms in total. The van der Waals surface area contributed by atoms with E-state index < -0.39 is 10.1 Å². The zero-order chi connectivity index (χ0) is 33.1. The van der Waals surface area contributed by atoms with Gasteiger partial charge in [-0.2, -0.15) is 8.42 Å². The fraction of sp³-hybridized carbons (Fsp3) is 0.742. The number of hydrogen-bond donors (Lipinski definition) is 0. The number of rotatable bonds is 37. The molecule has 15 heteroatoms. The molecule has 0 aliphatic heterocycles. The molecule has 0 amide bonds. The van der Waals surface area contributed by atoms with Gasteiger partial charge < -0.3 is 52.1 Å². The smallest absolute Gasteiger partial charge is 0.297 e. The third-order valence-corrected chi connectivity index (χ3v) is 6.78. The lowest BCUT2D eigenvalue weighted by Crippen LogP contribution is -2.16. The molecule has 1 aromatic rings. The molecule has 0 bridgehead atoms. The Balaban J connectivity index is 1.66. The van der Waals surface area contributed by atoms with Gasteiger partial charge in [0.2, 0.25) is 0 Å². The molecule has 0 atom stereocenters. The van der Waals surface area contributed by atoms with E-state index in [2.05, 4.69) is 6.58 Å². The highest BCUT2D eigenvalue weighted by Crippen LogP contribution is 2.10. The Labute approximate surface area is 274 Å². The highest BCUT2D eigenvalue weighted by Gasteiger charge is 2.13. The monoisotopic (exact) mass is 682 g/mol. The van der Waals surface area contributed by atoms with E-state index >= 15 is 0 Å². The van der Waals surface area contributed by atoms with Gasteiger partial charge in [0.1, 0.15) is 0 Å². The Hall–Kier alpha value is -1.57. The van der Waals surface area contributed by atoms with Gasteiger partial charge in [-0.1, -0.05) is 24.3 Å². The van der Waals surface area contributed by atoms with Crippen LogP contribution in [0.3, 0.4) is 0 Å². The summed E-state index contributed by atoms with van der Waals surface area (Å²) >= 11 is 0. The van der Waals surface area contributed by atoms with Crippen LogP contribution in [-0.2, 0) is 66.4 Å². The fourth-order valence-electron chi connectivity index (χ4n) is 3.22. The van der Waals surface area contributed by atoms with Crippen LogP contribution in [0, 0.1) is 0 Å². The second kappa shape index (κ2) is 33.3. The first-order valence-electron chi connectivity index (χ1n) is 15.6. The summed E-state index contributed by atoms with van der Waals surface area (Å²) in [5.74, 6) is 0. The van der Waals surface area contributed by atoms with Gasteiger partial charge in [0, 0.05) is 0 Å². The van der Waals surface area contributed by atoms with Crippen LogP contribution >= 0.6 is 0 Å². The van der Waals surface area contributed by atoms with Crippen LogP contribution in [0.2, 0.25) is 0 Å².